The molecule has 1 heterocycles. The van der Waals surface area contributed by atoms with Gasteiger partial charge in [0.2, 0.25) is 0 Å². The summed E-state index contributed by atoms with van der Waals surface area (Å²) >= 11 is 0. The summed E-state index contributed by atoms with van der Waals surface area (Å²) in [6.45, 7) is 6.36. The van der Waals surface area contributed by atoms with E-state index in [2.05, 4.69) is 10.3 Å². The minimum atomic E-state index is -3.27. The highest BCUT2D eigenvalue weighted by Crippen LogP contribution is 2.13. The summed E-state index contributed by atoms with van der Waals surface area (Å²) in [7, 11) is -3.27. The second-order valence-corrected chi connectivity index (χ2v) is 7.74. The van der Waals surface area contributed by atoms with Gasteiger partial charge in [-0.2, -0.15) is 0 Å². The van der Waals surface area contributed by atoms with E-state index in [-0.39, 0.29) is 11.8 Å². The molecule has 118 valence electrons. The largest absolute Gasteiger partial charge is 0.308 e. The summed E-state index contributed by atoms with van der Waals surface area (Å²) in [4.78, 5) is 4.68. The Kier molecular flexibility index (Phi) is 5.32. The van der Waals surface area contributed by atoms with Crippen LogP contribution in [0.5, 0.6) is 0 Å². The van der Waals surface area contributed by atoms with Crippen LogP contribution >= 0.6 is 0 Å². The lowest BCUT2D eigenvalue weighted by molar-refractivity contribution is 0.553. The van der Waals surface area contributed by atoms with Crippen LogP contribution in [0.3, 0.4) is 0 Å². The molecule has 0 spiro atoms. The standard InChI is InChI=1S/C17H22N2O2S/c1-13-5-8-17(9-6-13)22(20,21)12-15(3)18-11-16-7-4-14(2)10-19-16/h4-10,15,18H,11-12H2,1-3H3. The van der Waals surface area contributed by atoms with E-state index < -0.39 is 9.84 Å². The highest BCUT2D eigenvalue weighted by molar-refractivity contribution is 7.91. The van der Waals surface area contributed by atoms with E-state index >= 15 is 0 Å². The second-order valence-electron chi connectivity index (χ2n) is 5.70. The Hall–Kier alpha value is -1.72. The van der Waals surface area contributed by atoms with E-state index in [0.717, 1.165) is 16.8 Å². The van der Waals surface area contributed by atoms with Gasteiger partial charge in [-0.25, -0.2) is 8.42 Å². The van der Waals surface area contributed by atoms with Gasteiger partial charge in [0, 0.05) is 18.8 Å². The summed E-state index contributed by atoms with van der Waals surface area (Å²) in [5.41, 5.74) is 3.07. The third-order valence-electron chi connectivity index (χ3n) is 3.45. The number of hydrogen-bond donors (Lipinski definition) is 1. The first-order valence-electron chi connectivity index (χ1n) is 7.31. The van der Waals surface area contributed by atoms with E-state index in [0.29, 0.717) is 11.4 Å². The quantitative estimate of drug-likeness (QED) is 0.889. The normalized spacial score (nSPS) is 13.0. The fraction of sp³-hybridized carbons (Fsp3) is 0.353. The SMILES string of the molecule is Cc1ccc(S(=O)(=O)CC(C)NCc2ccc(C)cn2)cc1. The fourth-order valence-electron chi connectivity index (χ4n) is 2.11. The third-order valence-corrected chi connectivity index (χ3v) is 5.38. The van der Waals surface area contributed by atoms with E-state index in [4.69, 9.17) is 0 Å². The monoisotopic (exact) mass is 318 g/mol. The highest BCUT2D eigenvalue weighted by Gasteiger charge is 2.18. The van der Waals surface area contributed by atoms with Crippen LogP contribution in [0.4, 0.5) is 0 Å². The number of pyridine rings is 1. The Bertz CT molecular complexity index is 707. The van der Waals surface area contributed by atoms with Crippen molar-refractivity contribution in [3.63, 3.8) is 0 Å². The molecule has 22 heavy (non-hydrogen) atoms. The summed E-state index contributed by atoms with van der Waals surface area (Å²) in [6.07, 6.45) is 1.81. The Morgan fingerprint density at radius 1 is 1.05 bits per heavy atom. The predicted octanol–water partition coefficient (Wildman–Crippen LogP) is 2.65. The van der Waals surface area contributed by atoms with Gasteiger partial charge in [-0.05, 0) is 44.5 Å². The molecule has 0 bridgehead atoms. The molecule has 1 N–H and O–H groups in total. The lowest BCUT2D eigenvalue weighted by Crippen LogP contribution is -2.32. The van der Waals surface area contributed by atoms with Crippen molar-refractivity contribution in [2.45, 2.75) is 38.3 Å². The average molecular weight is 318 g/mol. The molecule has 5 heteroatoms. The number of hydrogen-bond acceptors (Lipinski definition) is 4. The molecule has 1 aromatic heterocycles. The van der Waals surface area contributed by atoms with E-state index in [1.54, 1.807) is 12.1 Å². The van der Waals surface area contributed by atoms with Crippen LogP contribution in [0.2, 0.25) is 0 Å². The molecule has 4 nitrogen and oxygen atoms in total. The number of benzene rings is 1. The summed E-state index contributed by atoms with van der Waals surface area (Å²) < 4.78 is 24.7. The Labute approximate surface area is 132 Å². The molecule has 0 amide bonds. The average Bonchev–Trinajstić information content (AvgIpc) is 2.46. The number of nitrogens with one attached hydrogen (secondary N) is 1. The Balaban J connectivity index is 1.94. The van der Waals surface area contributed by atoms with E-state index in [1.165, 1.54) is 0 Å². The van der Waals surface area contributed by atoms with Crippen molar-refractivity contribution in [2.24, 2.45) is 0 Å². The lowest BCUT2D eigenvalue weighted by atomic mass is 10.2. The van der Waals surface area contributed by atoms with Gasteiger partial charge >= 0.3 is 0 Å². The second kappa shape index (κ2) is 7.03. The molecular weight excluding hydrogens is 296 g/mol. The van der Waals surface area contributed by atoms with Crippen LogP contribution in [0.25, 0.3) is 0 Å². The first-order valence-corrected chi connectivity index (χ1v) is 8.96. The molecule has 1 aromatic carbocycles. The molecule has 0 aliphatic rings. The number of rotatable bonds is 6. The van der Waals surface area contributed by atoms with Crippen LogP contribution < -0.4 is 5.32 Å². The first-order chi connectivity index (χ1) is 10.4. The van der Waals surface area contributed by atoms with Gasteiger partial charge < -0.3 is 5.32 Å². The zero-order valence-electron chi connectivity index (χ0n) is 13.2. The van der Waals surface area contributed by atoms with Crippen molar-refractivity contribution >= 4 is 9.84 Å². The van der Waals surface area contributed by atoms with Crippen LogP contribution in [0, 0.1) is 13.8 Å². The zero-order chi connectivity index (χ0) is 16.2. The van der Waals surface area contributed by atoms with Crippen LogP contribution in [-0.4, -0.2) is 25.2 Å². The molecule has 0 aliphatic carbocycles. The van der Waals surface area contributed by atoms with Gasteiger partial charge in [0.25, 0.3) is 0 Å². The maximum Gasteiger partial charge on any atom is 0.179 e. The molecule has 1 unspecified atom stereocenters. The molecule has 2 aromatic rings. The van der Waals surface area contributed by atoms with Gasteiger partial charge in [-0.15, -0.1) is 0 Å². The molecule has 0 radical (unpaired) electrons. The molecule has 1 atom stereocenters. The molecule has 0 saturated carbocycles. The van der Waals surface area contributed by atoms with E-state index in [1.807, 2.05) is 51.2 Å². The van der Waals surface area contributed by atoms with Gasteiger partial charge in [0.15, 0.2) is 9.84 Å². The summed E-state index contributed by atoms with van der Waals surface area (Å²) in [5.74, 6) is 0.0714. The van der Waals surface area contributed by atoms with Crippen LogP contribution in [0.1, 0.15) is 23.7 Å². The minimum absolute atomic E-state index is 0.0714. The topological polar surface area (TPSA) is 59.1 Å². The van der Waals surface area contributed by atoms with Gasteiger partial charge in [0.1, 0.15) is 0 Å². The van der Waals surface area contributed by atoms with Gasteiger partial charge in [-0.3, -0.25) is 4.98 Å². The maximum absolute atomic E-state index is 12.4. The van der Waals surface area contributed by atoms with Crippen molar-refractivity contribution in [3.05, 3.63) is 59.4 Å². The zero-order valence-corrected chi connectivity index (χ0v) is 14.0. The smallest absolute Gasteiger partial charge is 0.179 e. The minimum Gasteiger partial charge on any atom is -0.308 e. The Morgan fingerprint density at radius 2 is 1.68 bits per heavy atom. The Morgan fingerprint density at radius 3 is 2.27 bits per heavy atom. The number of sulfone groups is 1. The molecule has 2 rings (SSSR count). The number of nitrogens with zero attached hydrogens (tertiary/aromatic N) is 1. The fourth-order valence-corrected chi connectivity index (χ4v) is 3.63. The van der Waals surface area contributed by atoms with Crippen molar-refractivity contribution in [1.82, 2.24) is 10.3 Å². The third kappa shape index (κ3) is 4.64. The molecule has 0 fully saturated rings. The summed E-state index contributed by atoms with van der Waals surface area (Å²) in [5, 5.41) is 3.21. The van der Waals surface area contributed by atoms with Gasteiger partial charge in [0.05, 0.1) is 16.3 Å². The number of aryl methyl sites for hydroxylation is 2. The van der Waals surface area contributed by atoms with Crippen molar-refractivity contribution in [2.75, 3.05) is 5.75 Å². The van der Waals surface area contributed by atoms with Crippen molar-refractivity contribution < 1.29 is 8.42 Å². The molecular formula is C17H22N2O2S. The molecule has 0 saturated heterocycles. The van der Waals surface area contributed by atoms with Crippen LogP contribution in [0.15, 0.2) is 47.5 Å². The molecule has 0 aliphatic heterocycles. The number of aromatic nitrogens is 1. The maximum atomic E-state index is 12.4. The van der Waals surface area contributed by atoms with Gasteiger partial charge in [-0.1, -0.05) is 23.8 Å². The van der Waals surface area contributed by atoms with Crippen LogP contribution in [-0.2, 0) is 16.4 Å². The highest BCUT2D eigenvalue weighted by atomic mass is 32.2. The van der Waals surface area contributed by atoms with Crippen molar-refractivity contribution in [1.29, 1.82) is 0 Å². The first kappa shape index (κ1) is 16.6. The van der Waals surface area contributed by atoms with Crippen molar-refractivity contribution in [3.8, 4) is 0 Å². The predicted molar refractivity (Wildman–Crippen MR) is 88.5 cm³/mol. The lowest BCUT2D eigenvalue weighted by Gasteiger charge is -2.14. The van der Waals surface area contributed by atoms with E-state index in [9.17, 15) is 8.42 Å². The summed E-state index contributed by atoms with van der Waals surface area (Å²) in [6, 6.07) is 10.8.